The molecule has 11 heteroatoms. The lowest BCUT2D eigenvalue weighted by molar-refractivity contribution is -0.0521. The fourth-order valence-corrected chi connectivity index (χ4v) is 5.79. The fraction of sp³-hybridized carbons (Fsp3) is 0.200. The Morgan fingerprint density at radius 1 is 0.902 bits per heavy atom. The second-order valence-electron chi connectivity index (χ2n) is 9.72. The molecule has 0 spiro atoms. The van der Waals surface area contributed by atoms with E-state index in [1.54, 1.807) is 26.0 Å². The third kappa shape index (κ3) is 5.62. The van der Waals surface area contributed by atoms with Gasteiger partial charge in [-0.25, -0.2) is 22.8 Å². The maximum Gasteiger partial charge on any atom is 0.387 e. The number of oxazole rings is 1. The maximum atomic E-state index is 14.7. The van der Waals surface area contributed by atoms with Gasteiger partial charge in [-0.3, -0.25) is 0 Å². The van der Waals surface area contributed by atoms with E-state index in [1.807, 2.05) is 48.9 Å². The number of imidazole rings is 1. The molecule has 0 fully saturated rings. The molecule has 5 aromatic rings. The number of alkyl halides is 2. The van der Waals surface area contributed by atoms with Crippen LogP contribution in [0.3, 0.4) is 0 Å². The van der Waals surface area contributed by atoms with Crippen molar-refractivity contribution in [3.05, 3.63) is 89.6 Å². The third-order valence-electron chi connectivity index (χ3n) is 6.58. The van der Waals surface area contributed by atoms with Crippen molar-refractivity contribution >= 4 is 9.84 Å². The molecule has 5 rings (SSSR count). The molecule has 7 nitrogen and oxygen atoms in total. The number of benzene rings is 3. The Bertz CT molecular complexity index is 1900. The summed E-state index contributed by atoms with van der Waals surface area (Å²) in [5.74, 6) is -0.334. The van der Waals surface area contributed by atoms with Gasteiger partial charge in [0.05, 0.1) is 16.3 Å². The first-order valence-corrected chi connectivity index (χ1v) is 14.4. The Hall–Kier alpha value is -4.38. The summed E-state index contributed by atoms with van der Waals surface area (Å²) in [5, 5.41) is 0. The molecule has 0 radical (unpaired) electrons. The molecule has 0 N–H and O–H groups in total. The number of aryl methyl sites for hydroxylation is 4. The molecule has 0 aliphatic heterocycles. The zero-order valence-corrected chi connectivity index (χ0v) is 23.7. The highest BCUT2D eigenvalue weighted by Gasteiger charge is 2.23. The minimum atomic E-state index is -3.47. The van der Waals surface area contributed by atoms with Crippen LogP contribution in [0.4, 0.5) is 13.2 Å². The molecule has 2 aromatic heterocycles. The largest absolute Gasteiger partial charge is 0.440 e. The van der Waals surface area contributed by atoms with Crippen molar-refractivity contribution in [2.75, 3.05) is 6.26 Å². The Balaban J connectivity index is 1.74. The fourth-order valence-electron chi connectivity index (χ4n) is 4.80. The van der Waals surface area contributed by atoms with Crippen molar-refractivity contribution in [3.8, 4) is 45.1 Å². The third-order valence-corrected chi connectivity index (χ3v) is 7.82. The molecule has 41 heavy (non-hydrogen) atoms. The Kier molecular flexibility index (Phi) is 7.24. The van der Waals surface area contributed by atoms with Gasteiger partial charge in [0.15, 0.2) is 33.1 Å². The molecule has 0 atom stereocenters. The summed E-state index contributed by atoms with van der Waals surface area (Å²) in [4.78, 5) is 9.35. The van der Waals surface area contributed by atoms with Crippen LogP contribution in [0.25, 0.3) is 39.4 Å². The molecule has 0 unspecified atom stereocenters. The molecule has 0 amide bonds. The van der Waals surface area contributed by atoms with E-state index in [-0.39, 0.29) is 16.2 Å². The van der Waals surface area contributed by atoms with Crippen LogP contribution in [0.1, 0.15) is 23.0 Å². The van der Waals surface area contributed by atoms with Gasteiger partial charge < -0.3 is 13.7 Å². The number of rotatable bonds is 7. The van der Waals surface area contributed by atoms with Crippen molar-refractivity contribution in [2.24, 2.45) is 0 Å². The van der Waals surface area contributed by atoms with E-state index in [0.29, 0.717) is 45.4 Å². The van der Waals surface area contributed by atoms with Gasteiger partial charge in [-0.2, -0.15) is 8.78 Å². The van der Waals surface area contributed by atoms with E-state index in [2.05, 4.69) is 14.7 Å². The van der Waals surface area contributed by atoms with E-state index in [9.17, 15) is 21.6 Å². The quantitative estimate of drug-likeness (QED) is 0.201. The van der Waals surface area contributed by atoms with E-state index in [0.717, 1.165) is 17.8 Å². The standard InChI is InChI=1S/C30H26F3N3O4S/c1-16-6-7-21(14-27(16)41(5,37)38)20-8-10-25(36-15-17(2)34-18(36)3)23(12-20)28-29(39-19(4)35-28)22-9-11-26(24(31)13-22)40-30(32)33/h6-15,30H,1-5H3. The predicted octanol–water partition coefficient (Wildman–Crippen LogP) is 7.24. The topological polar surface area (TPSA) is 87.2 Å². The van der Waals surface area contributed by atoms with Crippen LogP contribution in [0.5, 0.6) is 5.75 Å². The summed E-state index contributed by atoms with van der Waals surface area (Å²) < 4.78 is 76.9. The van der Waals surface area contributed by atoms with E-state index in [4.69, 9.17) is 4.42 Å². The molecule has 0 saturated heterocycles. The maximum absolute atomic E-state index is 14.7. The van der Waals surface area contributed by atoms with Gasteiger partial charge in [-0.15, -0.1) is 0 Å². The van der Waals surface area contributed by atoms with Crippen LogP contribution < -0.4 is 4.74 Å². The smallest absolute Gasteiger partial charge is 0.387 e. The first-order valence-electron chi connectivity index (χ1n) is 12.5. The summed E-state index contributed by atoms with van der Waals surface area (Å²) in [7, 11) is -3.47. The highest BCUT2D eigenvalue weighted by Crippen LogP contribution is 2.40. The number of aromatic nitrogens is 3. The number of nitrogens with zero attached hydrogens (tertiary/aromatic N) is 3. The molecule has 2 heterocycles. The first-order chi connectivity index (χ1) is 19.3. The van der Waals surface area contributed by atoms with Crippen molar-refractivity contribution in [3.63, 3.8) is 0 Å². The van der Waals surface area contributed by atoms with Gasteiger partial charge >= 0.3 is 6.61 Å². The van der Waals surface area contributed by atoms with Crippen molar-refractivity contribution < 1.29 is 30.7 Å². The van der Waals surface area contributed by atoms with Gasteiger partial charge in [0, 0.05) is 30.5 Å². The zero-order valence-electron chi connectivity index (χ0n) is 22.9. The summed E-state index contributed by atoms with van der Waals surface area (Å²) in [6.45, 7) is 3.94. The summed E-state index contributed by atoms with van der Waals surface area (Å²) in [5.41, 5.74) is 4.76. The van der Waals surface area contributed by atoms with Crippen molar-refractivity contribution in [1.29, 1.82) is 0 Å². The SMILES string of the molecule is Cc1cn(-c2ccc(-c3ccc(C)c(S(C)(=O)=O)c3)cc2-c2nc(C)oc2-c2ccc(OC(F)F)c(F)c2)c(C)n1. The normalized spacial score (nSPS) is 11.8. The summed E-state index contributed by atoms with van der Waals surface area (Å²) in [6.07, 6.45) is 3.03. The monoisotopic (exact) mass is 581 g/mol. The lowest BCUT2D eigenvalue weighted by atomic mass is 9.97. The molecule has 0 saturated carbocycles. The van der Waals surface area contributed by atoms with Gasteiger partial charge in [-0.05, 0) is 73.9 Å². The van der Waals surface area contributed by atoms with E-state index < -0.39 is 28.0 Å². The Morgan fingerprint density at radius 3 is 2.22 bits per heavy atom. The molecular formula is C30H26F3N3O4S. The first kappa shape index (κ1) is 28.2. The number of ether oxygens (including phenoxy) is 1. The zero-order chi connectivity index (χ0) is 29.6. The number of sulfone groups is 1. The number of hydrogen-bond acceptors (Lipinski definition) is 6. The second-order valence-corrected chi connectivity index (χ2v) is 11.7. The molecule has 0 aliphatic rings. The average molecular weight is 582 g/mol. The van der Waals surface area contributed by atoms with Crippen LogP contribution in [-0.4, -0.2) is 35.8 Å². The van der Waals surface area contributed by atoms with Crippen LogP contribution in [0.2, 0.25) is 0 Å². The summed E-state index contributed by atoms with van der Waals surface area (Å²) >= 11 is 0. The minimum absolute atomic E-state index is 0.221. The number of hydrogen-bond donors (Lipinski definition) is 0. The van der Waals surface area contributed by atoms with Crippen LogP contribution in [0.15, 0.2) is 70.1 Å². The second kappa shape index (κ2) is 10.5. The van der Waals surface area contributed by atoms with Crippen molar-refractivity contribution in [2.45, 2.75) is 39.2 Å². The van der Waals surface area contributed by atoms with E-state index >= 15 is 0 Å². The highest BCUT2D eigenvalue weighted by molar-refractivity contribution is 7.90. The molecule has 0 bridgehead atoms. The van der Waals surface area contributed by atoms with Gasteiger partial charge in [0.1, 0.15) is 11.5 Å². The van der Waals surface area contributed by atoms with Crippen molar-refractivity contribution in [1.82, 2.24) is 14.5 Å². The minimum Gasteiger partial charge on any atom is -0.440 e. The molecule has 0 aliphatic carbocycles. The van der Waals surface area contributed by atoms with Crippen LogP contribution >= 0.6 is 0 Å². The van der Waals surface area contributed by atoms with Gasteiger partial charge in [0.2, 0.25) is 0 Å². The Labute approximate surface area is 235 Å². The van der Waals surface area contributed by atoms with Crippen LogP contribution in [-0.2, 0) is 9.84 Å². The lowest BCUT2D eigenvalue weighted by Crippen LogP contribution is -2.03. The average Bonchev–Trinajstić information content (AvgIpc) is 3.45. The molecule has 212 valence electrons. The van der Waals surface area contributed by atoms with Gasteiger partial charge in [-0.1, -0.05) is 18.2 Å². The van der Waals surface area contributed by atoms with Crippen LogP contribution in [0, 0.1) is 33.5 Å². The summed E-state index contributed by atoms with van der Waals surface area (Å²) in [6, 6.07) is 14.4. The Morgan fingerprint density at radius 2 is 1.59 bits per heavy atom. The molecule has 3 aromatic carbocycles. The lowest BCUT2D eigenvalue weighted by Gasteiger charge is -2.15. The molecular weight excluding hydrogens is 555 g/mol. The number of halogens is 3. The highest BCUT2D eigenvalue weighted by atomic mass is 32.2. The van der Waals surface area contributed by atoms with Gasteiger partial charge in [0.25, 0.3) is 0 Å². The predicted molar refractivity (Wildman–Crippen MR) is 149 cm³/mol. The van der Waals surface area contributed by atoms with E-state index in [1.165, 1.54) is 12.3 Å².